The highest BCUT2D eigenvalue weighted by Crippen LogP contribution is 2.26. The summed E-state index contributed by atoms with van der Waals surface area (Å²) in [5, 5.41) is 10.1. The molecular formula is C15H19N3O2. The van der Waals surface area contributed by atoms with Crippen LogP contribution in [-0.4, -0.2) is 44.2 Å². The number of imidazole rings is 1. The third kappa shape index (κ3) is 2.29. The van der Waals surface area contributed by atoms with Gasteiger partial charge >= 0.3 is 0 Å². The number of hydrogen-bond acceptors (Lipinski definition) is 3. The highest BCUT2D eigenvalue weighted by Gasteiger charge is 2.42. The molecule has 0 saturated carbocycles. The largest absolute Gasteiger partial charge is 0.386 e. The highest BCUT2D eigenvalue weighted by molar-refractivity contribution is 5.81. The second kappa shape index (κ2) is 4.90. The molecule has 0 spiro atoms. The molecule has 3 rings (SSSR count). The number of para-hydroxylation sites is 2. The summed E-state index contributed by atoms with van der Waals surface area (Å²) in [5.74, 6) is 0.0360. The molecule has 106 valence electrons. The van der Waals surface area contributed by atoms with Crippen LogP contribution >= 0.6 is 0 Å². The number of amides is 1. The predicted octanol–water partition coefficient (Wildman–Crippen LogP) is 1.41. The van der Waals surface area contributed by atoms with E-state index in [1.165, 1.54) is 0 Å². The zero-order chi connectivity index (χ0) is 14.2. The molecule has 0 bridgehead atoms. The summed E-state index contributed by atoms with van der Waals surface area (Å²) in [7, 11) is 0. The van der Waals surface area contributed by atoms with Gasteiger partial charge in [0.2, 0.25) is 5.91 Å². The first-order valence-electron chi connectivity index (χ1n) is 7.01. The second-order valence-electron chi connectivity index (χ2n) is 5.59. The molecule has 1 aromatic heterocycles. The lowest BCUT2D eigenvalue weighted by Gasteiger charge is -2.46. The number of fused-ring (bicyclic) bond motifs is 1. The maximum atomic E-state index is 12.2. The Bertz CT molecular complexity index is 629. The van der Waals surface area contributed by atoms with Crippen LogP contribution in [0.3, 0.4) is 0 Å². The molecule has 5 heteroatoms. The van der Waals surface area contributed by atoms with E-state index < -0.39 is 5.60 Å². The molecule has 2 aromatic rings. The van der Waals surface area contributed by atoms with Gasteiger partial charge in [0.15, 0.2) is 0 Å². The first-order chi connectivity index (χ1) is 9.61. The van der Waals surface area contributed by atoms with Crippen LogP contribution in [-0.2, 0) is 11.3 Å². The summed E-state index contributed by atoms with van der Waals surface area (Å²) in [6.45, 7) is 3.22. The van der Waals surface area contributed by atoms with Gasteiger partial charge in [-0.3, -0.25) is 4.79 Å². The fourth-order valence-electron chi connectivity index (χ4n) is 2.85. The maximum absolute atomic E-state index is 12.2. The van der Waals surface area contributed by atoms with Crippen LogP contribution in [0, 0.1) is 0 Å². The summed E-state index contributed by atoms with van der Waals surface area (Å²) in [5.41, 5.74) is 1.19. The Hall–Kier alpha value is -1.88. The van der Waals surface area contributed by atoms with Crippen LogP contribution in [0.15, 0.2) is 30.6 Å². The van der Waals surface area contributed by atoms with E-state index in [1.54, 1.807) is 11.2 Å². The van der Waals surface area contributed by atoms with Gasteiger partial charge < -0.3 is 14.6 Å². The van der Waals surface area contributed by atoms with Gasteiger partial charge in [0.05, 0.1) is 36.1 Å². The topological polar surface area (TPSA) is 58.4 Å². The van der Waals surface area contributed by atoms with Crippen molar-refractivity contribution in [3.8, 4) is 0 Å². The SMILES string of the molecule is CCCC1(O)CN(C(=O)Cn2cnc3ccccc32)C1. The Balaban J connectivity index is 1.66. The Labute approximate surface area is 117 Å². The summed E-state index contributed by atoms with van der Waals surface area (Å²) in [6, 6.07) is 7.76. The molecule has 0 radical (unpaired) electrons. The molecule has 5 nitrogen and oxygen atoms in total. The first-order valence-corrected chi connectivity index (χ1v) is 7.01. The minimum atomic E-state index is -0.665. The summed E-state index contributed by atoms with van der Waals surface area (Å²) in [4.78, 5) is 18.2. The number of likely N-dealkylation sites (tertiary alicyclic amines) is 1. The lowest BCUT2D eigenvalue weighted by atomic mass is 9.89. The van der Waals surface area contributed by atoms with Gasteiger partial charge in [-0.05, 0) is 18.6 Å². The lowest BCUT2D eigenvalue weighted by Crippen LogP contribution is -2.63. The van der Waals surface area contributed by atoms with Gasteiger partial charge in [-0.25, -0.2) is 4.98 Å². The monoisotopic (exact) mass is 273 g/mol. The van der Waals surface area contributed by atoms with Crippen molar-refractivity contribution in [1.82, 2.24) is 14.5 Å². The van der Waals surface area contributed by atoms with Gasteiger partial charge in [-0.1, -0.05) is 25.5 Å². The van der Waals surface area contributed by atoms with Crippen LogP contribution < -0.4 is 0 Å². The standard InChI is InChI=1S/C15H19N3O2/c1-2-7-15(20)9-18(10-15)14(19)8-17-11-16-12-5-3-4-6-13(12)17/h3-6,11,20H,2,7-10H2,1H3. The van der Waals surface area contributed by atoms with Crippen molar-refractivity contribution in [3.63, 3.8) is 0 Å². The zero-order valence-electron chi connectivity index (χ0n) is 11.6. The summed E-state index contributed by atoms with van der Waals surface area (Å²) in [6.07, 6.45) is 3.38. The molecule has 0 aliphatic carbocycles. The Morgan fingerprint density at radius 3 is 2.90 bits per heavy atom. The van der Waals surface area contributed by atoms with Crippen molar-refractivity contribution in [3.05, 3.63) is 30.6 Å². The van der Waals surface area contributed by atoms with Crippen molar-refractivity contribution in [1.29, 1.82) is 0 Å². The predicted molar refractivity (Wildman–Crippen MR) is 76.2 cm³/mol. The molecule has 0 unspecified atom stereocenters. The molecule has 1 saturated heterocycles. The molecule has 1 aliphatic rings. The van der Waals surface area contributed by atoms with Gasteiger partial charge in [-0.2, -0.15) is 0 Å². The minimum absolute atomic E-state index is 0.0360. The van der Waals surface area contributed by atoms with Crippen molar-refractivity contribution in [2.24, 2.45) is 0 Å². The van der Waals surface area contributed by atoms with Crippen molar-refractivity contribution < 1.29 is 9.90 Å². The average molecular weight is 273 g/mol. The number of nitrogens with zero attached hydrogens (tertiary/aromatic N) is 3. The normalized spacial score (nSPS) is 17.2. The number of aromatic nitrogens is 2. The molecule has 20 heavy (non-hydrogen) atoms. The van der Waals surface area contributed by atoms with Gasteiger partial charge in [-0.15, -0.1) is 0 Å². The minimum Gasteiger partial charge on any atom is -0.386 e. The number of benzene rings is 1. The quantitative estimate of drug-likeness (QED) is 0.916. The Morgan fingerprint density at radius 1 is 1.40 bits per heavy atom. The van der Waals surface area contributed by atoms with Crippen LogP contribution in [0.4, 0.5) is 0 Å². The number of carbonyl (C=O) groups is 1. The summed E-state index contributed by atoms with van der Waals surface area (Å²) < 4.78 is 1.86. The van der Waals surface area contributed by atoms with E-state index in [0.29, 0.717) is 13.1 Å². The third-order valence-corrected chi connectivity index (χ3v) is 3.87. The van der Waals surface area contributed by atoms with E-state index in [-0.39, 0.29) is 12.5 Å². The van der Waals surface area contributed by atoms with Crippen LogP contribution in [0.25, 0.3) is 11.0 Å². The van der Waals surface area contributed by atoms with Gasteiger partial charge in [0, 0.05) is 0 Å². The molecule has 1 N–H and O–H groups in total. The van der Waals surface area contributed by atoms with Crippen LogP contribution in [0.2, 0.25) is 0 Å². The maximum Gasteiger partial charge on any atom is 0.242 e. The molecule has 1 fully saturated rings. The molecule has 1 aliphatic heterocycles. The number of β-amino-alcohol motifs (C(OH)–C–C–N with tert-alkyl or cyclic N) is 1. The zero-order valence-corrected chi connectivity index (χ0v) is 11.6. The highest BCUT2D eigenvalue weighted by atomic mass is 16.3. The molecule has 1 aromatic carbocycles. The van der Waals surface area contributed by atoms with E-state index in [1.807, 2.05) is 35.8 Å². The summed E-state index contributed by atoms with van der Waals surface area (Å²) >= 11 is 0. The first kappa shape index (κ1) is 13.1. The van der Waals surface area contributed by atoms with E-state index in [9.17, 15) is 9.90 Å². The number of carbonyl (C=O) groups excluding carboxylic acids is 1. The fourth-order valence-corrected chi connectivity index (χ4v) is 2.85. The van der Waals surface area contributed by atoms with E-state index in [0.717, 1.165) is 23.9 Å². The molecule has 0 atom stereocenters. The van der Waals surface area contributed by atoms with Crippen molar-refractivity contribution in [2.75, 3.05) is 13.1 Å². The number of rotatable bonds is 4. The average Bonchev–Trinajstić information content (AvgIpc) is 2.80. The number of aliphatic hydroxyl groups is 1. The lowest BCUT2D eigenvalue weighted by molar-refractivity contribution is -0.157. The van der Waals surface area contributed by atoms with E-state index >= 15 is 0 Å². The Kier molecular flexibility index (Phi) is 3.22. The van der Waals surface area contributed by atoms with E-state index in [4.69, 9.17) is 0 Å². The van der Waals surface area contributed by atoms with Crippen molar-refractivity contribution >= 4 is 16.9 Å². The van der Waals surface area contributed by atoms with Crippen LogP contribution in [0.1, 0.15) is 19.8 Å². The van der Waals surface area contributed by atoms with Crippen molar-refractivity contribution in [2.45, 2.75) is 31.9 Å². The Morgan fingerprint density at radius 2 is 2.15 bits per heavy atom. The van der Waals surface area contributed by atoms with Gasteiger partial charge in [0.1, 0.15) is 6.54 Å². The molecule has 1 amide bonds. The van der Waals surface area contributed by atoms with Gasteiger partial charge in [0.25, 0.3) is 0 Å². The molecule has 2 heterocycles. The molecular weight excluding hydrogens is 254 g/mol. The third-order valence-electron chi connectivity index (χ3n) is 3.87. The fraction of sp³-hybridized carbons (Fsp3) is 0.467. The van der Waals surface area contributed by atoms with E-state index in [2.05, 4.69) is 4.98 Å². The van der Waals surface area contributed by atoms with Crippen LogP contribution in [0.5, 0.6) is 0 Å². The second-order valence-corrected chi connectivity index (χ2v) is 5.59. The smallest absolute Gasteiger partial charge is 0.242 e. The number of hydrogen-bond donors (Lipinski definition) is 1.